The summed E-state index contributed by atoms with van der Waals surface area (Å²) in [5, 5.41) is 16.1. The number of amides is 2. The van der Waals surface area contributed by atoms with Crippen molar-refractivity contribution in [1.82, 2.24) is 30.4 Å². The van der Waals surface area contributed by atoms with E-state index in [1.165, 1.54) is 51.4 Å². The van der Waals surface area contributed by atoms with E-state index in [0.29, 0.717) is 67.3 Å². The molecule has 3 aliphatic rings. The highest BCUT2D eigenvalue weighted by atomic mass is 32.2. The molecule has 2 N–H and O–H groups in total. The maximum absolute atomic E-state index is 12.6. The molecule has 1 aromatic carbocycles. The number of aryl methyl sites for hydroxylation is 1. The molecule has 0 saturated heterocycles. The lowest BCUT2D eigenvalue weighted by Crippen LogP contribution is -2.40. The predicted molar refractivity (Wildman–Crippen MR) is 205 cm³/mol. The van der Waals surface area contributed by atoms with Crippen molar-refractivity contribution < 1.29 is 23.8 Å². The normalized spacial score (nSPS) is 22.4. The summed E-state index contributed by atoms with van der Waals surface area (Å²) in [7, 11) is 0. The van der Waals surface area contributed by atoms with Crippen molar-refractivity contribution in [3.05, 3.63) is 59.7 Å². The van der Waals surface area contributed by atoms with E-state index in [1.54, 1.807) is 18.0 Å². The van der Waals surface area contributed by atoms with Crippen LogP contribution in [0, 0.1) is 48.4 Å². The molecule has 11 nitrogen and oxygen atoms in total. The molecule has 2 aromatic heterocycles. The van der Waals surface area contributed by atoms with Gasteiger partial charge in [-0.3, -0.25) is 14.3 Å². The second kappa shape index (κ2) is 19.3. The van der Waals surface area contributed by atoms with Gasteiger partial charge in [0.25, 0.3) is 0 Å². The van der Waals surface area contributed by atoms with Crippen molar-refractivity contribution >= 4 is 23.8 Å². The number of pyridine rings is 1. The lowest BCUT2D eigenvalue weighted by atomic mass is 9.59. The van der Waals surface area contributed by atoms with Gasteiger partial charge in [-0.15, -0.1) is 10.2 Å². The Morgan fingerprint density at radius 1 is 1.02 bits per heavy atom. The number of benzene rings is 1. The minimum Gasteiger partial charge on any atom is -0.486 e. The fourth-order valence-corrected chi connectivity index (χ4v) is 9.69. The number of thioether (sulfide) groups is 1. The van der Waals surface area contributed by atoms with Crippen LogP contribution < -0.4 is 15.4 Å². The number of hydrogen-bond acceptors (Lipinski definition) is 9. The van der Waals surface area contributed by atoms with Crippen LogP contribution >= 0.6 is 11.8 Å². The summed E-state index contributed by atoms with van der Waals surface area (Å²) in [4.78, 5) is 29.0. The number of fused-ring (bicyclic) bond motifs is 2. The van der Waals surface area contributed by atoms with Gasteiger partial charge in [0, 0.05) is 36.5 Å². The standard InChI is InChI=1S/C41H54N6O5S/c1-28-20-31-22-30(3)37(33(21-28)24-31)25-39(48)43-15-18-50-19-16-44-41(49)51-17-7-8-32-12-13-35(23-29(32)2)52-27-38-45-46-40(53-36-10-4-5-11-36)47(38)34-9-6-14-42-26-34/h6,9,12-14,23,26,28,30-31,33,36-37H,4-5,10-11,15-22,24-25,27H2,1-3H3,(H,43,48)(H,44,49)/t28-,30+,31-,33-,37?/m0/s1. The Hall–Kier alpha value is -4.08. The molecule has 0 spiro atoms. The van der Waals surface area contributed by atoms with Crippen molar-refractivity contribution in [2.24, 2.45) is 29.6 Å². The number of hydrogen-bond donors (Lipinski definition) is 2. The highest BCUT2D eigenvalue weighted by Crippen LogP contribution is 2.49. The zero-order valence-corrected chi connectivity index (χ0v) is 32.2. The minimum absolute atomic E-state index is 0.0400. The molecule has 6 rings (SSSR count). The molecular weight excluding hydrogens is 689 g/mol. The molecule has 0 radical (unpaired) electrons. The first-order chi connectivity index (χ1) is 25.8. The molecule has 2 bridgehead atoms. The molecule has 2 heterocycles. The molecule has 3 saturated carbocycles. The number of rotatable bonds is 15. The first-order valence-electron chi connectivity index (χ1n) is 19.3. The van der Waals surface area contributed by atoms with Gasteiger partial charge in [0.1, 0.15) is 12.4 Å². The number of aromatic nitrogens is 4. The molecular formula is C41H54N6O5S. The SMILES string of the molecule is Cc1cc(OCc2nnc(SC3CCCC3)n2-c2cccnc2)ccc1C#CCOC(=O)NCCOCCNC(=O)CC1[C@H]2C[C@@H](C)C[C@H](C2)C[C@H]1C. The number of nitrogens with one attached hydrogen (secondary N) is 2. The largest absolute Gasteiger partial charge is 0.486 e. The van der Waals surface area contributed by atoms with Crippen LogP contribution in [-0.2, 0) is 20.9 Å². The van der Waals surface area contributed by atoms with E-state index in [0.717, 1.165) is 33.8 Å². The van der Waals surface area contributed by atoms with E-state index in [1.807, 2.05) is 48.0 Å². The van der Waals surface area contributed by atoms with Gasteiger partial charge in [0.15, 0.2) is 17.6 Å². The van der Waals surface area contributed by atoms with Gasteiger partial charge in [-0.1, -0.05) is 50.3 Å². The van der Waals surface area contributed by atoms with Gasteiger partial charge >= 0.3 is 6.09 Å². The maximum Gasteiger partial charge on any atom is 0.408 e. The van der Waals surface area contributed by atoms with Crippen LogP contribution in [0.3, 0.4) is 0 Å². The fraction of sp³-hybridized carbons (Fsp3) is 0.585. The number of ether oxygens (including phenoxy) is 3. The smallest absolute Gasteiger partial charge is 0.408 e. The molecule has 1 unspecified atom stereocenters. The van der Waals surface area contributed by atoms with Crippen LogP contribution in [0.2, 0.25) is 0 Å². The third-order valence-corrected chi connectivity index (χ3v) is 12.1. The lowest BCUT2D eigenvalue weighted by Gasteiger charge is -2.46. The zero-order valence-electron chi connectivity index (χ0n) is 31.4. The second-order valence-electron chi connectivity index (χ2n) is 15.0. The predicted octanol–water partition coefficient (Wildman–Crippen LogP) is 6.89. The van der Waals surface area contributed by atoms with E-state index in [9.17, 15) is 9.59 Å². The molecule has 53 heavy (non-hydrogen) atoms. The minimum atomic E-state index is -0.554. The van der Waals surface area contributed by atoms with Crippen LogP contribution in [0.15, 0.2) is 47.9 Å². The zero-order chi connectivity index (χ0) is 37.0. The highest BCUT2D eigenvalue weighted by Gasteiger charge is 2.40. The van der Waals surface area contributed by atoms with Gasteiger partial charge in [0.2, 0.25) is 5.91 Å². The fourth-order valence-electron chi connectivity index (χ4n) is 8.42. The Balaban J connectivity index is 0.857. The summed E-state index contributed by atoms with van der Waals surface area (Å²) >= 11 is 1.78. The van der Waals surface area contributed by atoms with Crippen LogP contribution in [0.25, 0.3) is 5.69 Å². The number of carbonyl (C=O) groups excluding carboxylic acids is 2. The van der Waals surface area contributed by atoms with Crippen molar-refractivity contribution in [2.45, 2.75) is 95.6 Å². The number of nitrogens with zero attached hydrogens (tertiary/aromatic N) is 4. The molecule has 0 aliphatic heterocycles. The summed E-state index contributed by atoms with van der Waals surface area (Å²) < 4.78 is 19.0. The third-order valence-electron chi connectivity index (χ3n) is 10.9. The van der Waals surface area contributed by atoms with Crippen LogP contribution in [0.4, 0.5) is 4.79 Å². The topological polar surface area (TPSA) is 129 Å². The van der Waals surface area contributed by atoms with Crippen LogP contribution in [0.1, 0.15) is 88.6 Å². The van der Waals surface area contributed by atoms with Crippen LogP contribution in [-0.4, -0.2) is 69.9 Å². The monoisotopic (exact) mass is 742 g/mol. The Morgan fingerprint density at radius 3 is 2.64 bits per heavy atom. The molecule has 5 atom stereocenters. The van der Waals surface area contributed by atoms with E-state index >= 15 is 0 Å². The third kappa shape index (κ3) is 11.2. The van der Waals surface area contributed by atoms with Crippen molar-refractivity contribution in [1.29, 1.82) is 0 Å². The highest BCUT2D eigenvalue weighted by molar-refractivity contribution is 7.99. The van der Waals surface area contributed by atoms with Crippen molar-refractivity contribution in [2.75, 3.05) is 32.9 Å². The quantitative estimate of drug-likeness (QED) is 0.126. The molecule has 3 fully saturated rings. The average Bonchev–Trinajstić information content (AvgIpc) is 3.81. The summed E-state index contributed by atoms with van der Waals surface area (Å²) in [5.74, 6) is 10.9. The van der Waals surface area contributed by atoms with Crippen LogP contribution in [0.5, 0.6) is 5.75 Å². The van der Waals surface area contributed by atoms with Crippen molar-refractivity contribution in [3.8, 4) is 23.3 Å². The second-order valence-corrected chi connectivity index (χ2v) is 16.3. The Bertz CT molecular complexity index is 1710. The average molecular weight is 743 g/mol. The summed E-state index contributed by atoms with van der Waals surface area (Å²) in [6.07, 6.45) is 13.7. The molecule has 284 valence electrons. The van der Waals surface area contributed by atoms with Crippen molar-refractivity contribution in [3.63, 3.8) is 0 Å². The molecule has 2 amide bonds. The Labute approximate surface area is 318 Å². The van der Waals surface area contributed by atoms with Gasteiger partial charge in [-0.05, 0) is 111 Å². The summed E-state index contributed by atoms with van der Waals surface area (Å²) in [6, 6.07) is 9.62. The van der Waals surface area contributed by atoms with Gasteiger partial charge in [0.05, 0.1) is 25.1 Å². The molecule has 12 heteroatoms. The molecule has 3 aromatic rings. The van der Waals surface area contributed by atoms with Gasteiger partial charge < -0.3 is 24.8 Å². The van der Waals surface area contributed by atoms with Gasteiger partial charge in [-0.25, -0.2) is 4.79 Å². The first kappa shape index (κ1) is 38.6. The Morgan fingerprint density at radius 2 is 1.85 bits per heavy atom. The first-order valence-corrected chi connectivity index (χ1v) is 20.2. The number of carbonyl (C=O) groups is 2. The summed E-state index contributed by atoms with van der Waals surface area (Å²) in [6.45, 7) is 8.35. The number of alkyl carbamates (subject to hydrolysis) is 1. The maximum atomic E-state index is 12.6. The molecule has 3 aliphatic carbocycles. The van der Waals surface area contributed by atoms with E-state index < -0.39 is 6.09 Å². The van der Waals surface area contributed by atoms with E-state index in [-0.39, 0.29) is 19.1 Å². The van der Waals surface area contributed by atoms with E-state index in [4.69, 9.17) is 14.2 Å². The van der Waals surface area contributed by atoms with Gasteiger partial charge in [-0.2, -0.15) is 0 Å². The summed E-state index contributed by atoms with van der Waals surface area (Å²) in [5.41, 5.74) is 2.68. The Kier molecular flexibility index (Phi) is 14.1. The lowest BCUT2D eigenvalue weighted by molar-refractivity contribution is -0.124. The van der Waals surface area contributed by atoms with E-state index in [2.05, 4.69) is 51.5 Å².